The van der Waals surface area contributed by atoms with Crippen molar-refractivity contribution >= 4 is 39.1 Å². The zero-order valence-corrected chi connectivity index (χ0v) is 31.5. The van der Waals surface area contributed by atoms with E-state index in [4.69, 9.17) is 35.5 Å². The van der Waals surface area contributed by atoms with E-state index in [2.05, 4.69) is 15.0 Å². The van der Waals surface area contributed by atoms with Gasteiger partial charge >= 0.3 is 5.97 Å². The number of hydrogen-bond donors (Lipinski definition) is 1. The van der Waals surface area contributed by atoms with Crippen LogP contribution in [0.3, 0.4) is 0 Å². The van der Waals surface area contributed by atoms with Crippen LogP contribution in [0.2, 0.25) is 5.02 Å². The van der Waals surface area contributed by atoms with Gasteiger partial charge in [-0.2, -0.15) is 0 Å². The second-order valence-electron chi connectivity index (χ2n) is 12.3. The Hall–Kier alpha value is -6.11. The van der Waals surface area contributed by atoms with Crippen molar-refractivity contribution in [1.82, 2.24) is 19.9 Å². The number of phenols is 1. The molecule has 7 rings (SSSR count). The zero-order chi connectivity index (χ0) is 38.5. The highest BCUT2D eigenvalue weighted by atomic mass is 35.5. The van der Waals surface area contributed by atoms with Crippen LogP contribution < -0.4 is 14.2 Å². The number of benzene rings is 4. The molecule has 13 heteroatoms. The Morgan fingerprint density at radius 3 is 2.47 bits per heavy atom. The summed E-state index contributed by atoms with van der Waals surface area (Å²) >= 11 is 7.90. The highest BCUT2D eigenvalue weighted by Crippen LogP contribution is 2.49. The van der Waals surface area contributed by atoms with Gasteiger partial charge in [0.2, 0.25) is 12.0 Å². The fraction of sp³-hybridized carbons (Fsp3) is 0.167. The number of esters is 1. The van der Waals surface area contributed by atoms with E-state index in [-0.39, 0.29) is 42.1 Å². The Balaban J connectivity index is 1.24. The lowest BCUT2D eigenvalue weighted by molar-refractivity contribution is -0.151. The predicted molar refractivity (Wildman–Crippen MR) is 209 cm³/mol. The third kappa shape index (κ3) is 7.91. The summed E-state index contributed by atoms with van der Waals surface area (Å²) in [4.78, 5) is 33.1. The zero-order valence-electron chi connectivity index (χ0n) is 30.0. The maximum absolute atomic E-state index is 14.0. The van der Waals surface area contributed by atoms with Crippen molar-refractivity contribution in [3.05, 3.63) is 131 Å². The van der Waals surface area contributed by atoms with Crippen molar-refractivity contribution in [3.8, 4) is 56.1 Å². The van der Waals surface area contributed by atoms with Gasteiger partial charge in [-0.3, -0.25) is 0 Å². The molecule has 0 spiro atoms. The van der Waals surface area contributed by atoms with Gasteiger partial charge in [0, 0.05) is 23.1 Å². The van der Waals surface area contributed by atoms with Crippen molar-refractivity contribution in [3.63, 3.8) is 0 Å². The van der Waals surface area contributed by atoms with E-state index in [0.29, 0.717) is 55.5 Å². The number of halogens is 2. The lowest BCUT2D eigenvalue weighted by Gasteiger charge is -2.20. The summed E-state index contributed by atoms with van der Waals surface area (Å²) in [5.41, 5.74) is 4.74. The number of ether oxygens (including phenoxy) is 4. The van der Waals surface area contributed by atoms with E-state index in [1.807, 2.05) is 48.5 Å². The smallest absolute Gasteiger partial charge is 0.347 e. The van der Waals surface area contributed by atoms with Gasteiger partial charge < -0.3 is 24.1 Å². The summed E-state index contributed by atoms with van der Waals surface area (Å²) in [6.45, 7) is 3.76. The standard InChI is InChI=1S/C42H34ClFN4O6S/c1-4-52-42(50)34(21-26-9-5-7-11-32(26)53-22-28-19-20-45-39(48-28)30-10-6-8-12-33(30)51-3)54-40-36-35(29-17-18-31(49)37(43)24(29)2)38(55-41(36)47-23-46-40)25-13-15-27(44)16-14-25/h5-20,23,34,49H,4,21-22H2,1-3H3/t34-/m1/s1. The molecule has 0 fully saturated rings. The molecule has 1 N–H and O–H groups in total. The molecular weight excluding hydrogens is 743 g/mol. The van der Waals surface area contributed by atoms with Crippen LogP contribution in [-0.2, 0) is 22.6 Å². The molecule has 4 aromatic carbocycles. The third-order valence-corrected chi connectivity index (χ3v) is 10.4. The van der Waals surface area contributed by atoms with Crippen LogP contribution in [0.15, 0.2) is 104 Å². The van der Waals surface area contributed by atoms with Crippen LogP contribution in [0.25, 0.3) is 43.2 Å². The normalized spacial score (nSPS) is 11.7. The maximum atomic E-state index is 14.0. The van der Waals surface area contributed by atoms with Crippen LogP contribution in [0.5, 0.6) is 23.1 Å². The average Bonchev–Trinajstić information content (AvgIpc) is 3.60. The first-order chi connectivity index (χ1) is 26.7. The van der Waals surface area contributed by atoms with E-state index in [9.17, 15) is 14.3 Å². The Morgan fingerprint density at radius 1 is 0.927 bits per heavy atom. The van der Waals surface area contributed by atoms with Gasteiger partial charge in [-0.05, 0) is 78.6 Å². The Bertz CT molecular complexity index is 2500. The van der Waals surface area contributed by atoms with Gasteiger partial charge in [-0.25, -0.2) is 29.1 Å². The minimum Gasteiger partial charge on any atom is -0.506 e. The van der Waals surface area contributed by atoms with Crippen LogP contribution in [0, 0.1) is 12.7 Å². The third-order valence-electron chi connectivity index (χ3n) is 8.81. The molecule has 0 aliphatic carbocycles. The summed E-state index contributed by atoms with van der Waals surface area (Å²) in [5.74, 6) is 0.762. The van der Waals surface area contributed by atoms with Gasteiger partial charge in [0.25, 0.3) is 0 Å². The highest BCUT2D eigenvalue weighted by molar-refractivity contribution is 7.22. The summed E-state index contributed by atoms with van der Waals surface area (Å²) in [6, 6.07) is 26.0. The quantitative estimate of drug-likeness (QED) is 0.113. The van der Waals surface area contributed by atoms with Crippen LogP contribution >= 0.6 is 22.9 Å². The number of phenolic OH excluding ortho intramolecular Hbond substituents is 1. The van der Waals surface area contributed by atoms with Gasteiger partial charge in [-0.1, -0.05) is 60.1 Å². The van der Waals surface area contributed by atoms with E-state index in [1.165, 1.54) is 35.9 Å². The fourth-order valence-corrected chi connectivity index (χ4v) is 7.46. The van der Waals surface area contributed by atoms with Gasteiger partial charge in [0.15, 0.2) is 5.82 Å². The fourth-order valence-electron chi connectivity index (χ4n) is 6.14. The van der Waals surface area contributed by atoms with Crippen molar-refractivity contribution in [2.75, 3.05) is 13.7 Å². The molecule has 3 heterocycles. The summed E-state index contributed by atoms with van der Waals surface area (Å²) in [7, 11) is 1.60. The molecule has 0 unspecified atom stereocenters. The molecule has 0 aliphatic rings. The number of carbonyl (C=O) groups excluding carboxylic acids is 1. The molecule has 10 nitrogen and oxygen atoms in total. The van der Waals surface area contributed by atoms with Crippen LogP contribution in [-0.4, -0.2) is 50.8 Å². The number of para-hydroxylation sites is 2. The molecule has 0 aliphatic heterocycles. The molecule has 55 heavy (non-hydrogen) atoms. The number of rotatable bonds is 13. The second kappa shape index (κ2) is 16.5. The van der Waals surface area contributed by atoms with E-state index < -0.39 is 12.1 Å². The van der Waals surface area contributed by atoms with Crippen molar-refractivity contribution < 1.29 is 33.2 Å². The number of hydrogen-bond acceptors (Lipinski definition) is 11. The first-order valence-corrected chi connectivity index (χ1v) is 18.5. The monoisotopic (exact) mass is 776 g/mol. The van der Waals surface area contributed by atoms with E-state index >= 15 is 0 Å². The molecule has 3 aromatic heterocycles. The number of nitrogens with zero attached hydrogens (tertiary/aromatic N) is 4. The van der Waals surface area contributed by atoms with Crippen molar-refractivity contribution in [2.24, 2.45) is 0 Å². The van der Waals surface area contributed by atoms with Crippen molar-refractivity contribution in [1.29, 1.82) is 0 Å². The largest absolute Gasteiger partial charge is 0.506 e. The molecule has 0 bridgehead atoms. The number of aromatic nitrogens is 4. The van der Waals surface area contributed by atoms with Gasteiger partial charge in [0.1, 0.15) is 40.8 Å². The van der Waals surface area contributed by atoms with Crippen LogP contribution in [0.1, 0.15) is 23.7 Å². The van der Waals surface area contributed by atoms with Crippen molar-refractivity contribution in [2.45, 2.75) is 33.0 Å². The predicted octanol–water partition coefficient (Wildman–Crippen LogP) is 9.43. The number of aromatic hydroxyl groups is 1. The molecular formula is C42H34ClFN4O6S. The summed E-state index contributed by atoms with van der Waals surface area (Å²) in [6.07, 6.45) is 1.96. The van der Waals surface area contributed by atoms with E-state index in [1.54, 1.807) is 51.4 Å². The average molecular weight is 777 g/mol. The molecule has 0 radical (unpaired) electrons. The summed E-state index contributed by atoms with van der Waals surface area (Å²) < 4.78 is 37.9. The SMILES string of the molecule is CCOC(=O)[C@@H](Cc1ccccc1OCc1ccnc(-c2ccccc2OC)n1)Oc1ncnc2sc(-c3ccc(F)cc3)c(-c3ccc(O)c(Cl)c3C)c12. The molecule has 278 valence electrons. The molecule has 0 saturated heterocycles. The summed E-state index contributed by atoms with van der Waals surface area (Å²) in [5, 5.41) is 11.1. The first-order valence-electron chi connectivity index (χ1n) is 17.3. The number of carbonyl (C=O) groups is 1. The number of methoxy groups -OCH3 is 1. The van der Waals surface area contributed by atoms with Gasteiger partial charge in [0.05, 0.1) is 35.4 Å². The first kappa shape index (κ1) is 37.2. The lowest BCUT2D eigenvalue weighted by atomic mass is 9.96. The Kier molecular flexibility index (Phi) is 11.2. The Labute approximate surface area is 325 Å². The molecule has 0 saturated carbocycles. The maximum Gasteiger partial charge on any atom is 0.347 e. The lowest BCUT2D eigenvalue weighted by Crippen LogP contribution is -2.32. The molecule has 7 aromatic rings. The Morgan fingerprint density at radius 2 is 1.69 bits per heavy atom. The highest BCUT2D eigenvalue weighted by Gasteiger charge is 2.29. The minimum atomic E-state index is -1.15. The number of thiophene rings is 1. The van der Waals surface area contributed by atoms with Crippen LogP contribution in [0.4, 0.5) is 4.39 Å². The second-order valence-corrected chi connectivity index (χ2v) is 13.7. The minimum absolute atomic E-state index is 0.0710. The van der Waals surface area contributed by atoms with Gasteiger partial charge in [-0.15, -0.1) is 11.3 Å². The molecule has 1 atom stereocenters. The molecule has 0 amide bonds. The topological polar surface area (TPSA) is 126 Å². The van der Waals surface area contributed by atoms with E-state index in [0.717, 1.165) is 16.0 Å². The number of fused-ring (bicyclic) bond motifs is 1.